The summed E-state index contributed by atoms with van der Waals surface area (Å²) in [5.74, 6) is -3.18. The van der Waals surface area contributed by atoms with Crippen LogP contribution in [-0.4, -0.2) is 96.9 Å². The SMILES string of the molecule is COc1c(N2CCN[C@@H](C)C2)c(F)cc2c(=O)c(C(=O)O)cn(C3CC3)c12.COc1c(N2CCN[C@H](C)C2)c(F)cc2c(=O)c(C(=O)O)cn(C3CC3)c12. The zero-order valence-corrected chi connectivity index (χ0v) is 30.6. The Bertz CT molecular complexity index is 2130. The molecule has 4 N–H and O–H groups in total. The van der Waals surface area contributed by atoms with Gasteiger partial charge >= 0.3 is 11.9 Å². The highest BCUT2D eigenvalue weighted by Gasteiger charge is 2.34. The number of nitrogens with zero attached hydrogens (tertiary/aromatic N) is 4. The molecule has 0 unspecified atom stereocenters. The van der Waals surface area contributed by atoms with Gasteiger partial charge in [0.05, 0.1) is 36.0 Å². The van der Waals surface area contributed by atoms with Crippen LogP contribution in [0.15, 0.2) is 34.1 Å². The number of aromatic carboxylic acids is 2. The number of methoxy groups -OCH3 is 2. The van der Waals surface area contributed by atoms with Crippen molar-refractivity contribution in [3.05, 3.63) is 67.7 Å². The zero-order valence-electron chi connectivity index (χ0n) is 30.6. The molecular formula is C38H44F2N6O8. The van der Waals surface area contributed by atoms with E-state index < -0.39 is 34.4 Å². The van der Waals surface area contributed by atoms with Crippen molar-refractivity contribution in [3.8, 4) is 11.5 Å². The van der Waals surface area contributed by atoms with Crippen LogP contribution in [0, 0.1) is 11.6 Å². The van der Waals surface area contributed by atoms with Gasteiger partial charge in [0.1, 0.15) is 22.5 Å². The summed E-state index contributed by atoms with van der Waals surface area (Å²) < 4.78 is 44.9. The molecule has 16 heteroatoms. The van der Waals surface area contributed by atoms with Crippen LogP contribution in [0.2, 0.25) is 0 Å². The Hall–Kier alpha value is -5.22. The lowest BCUT2D eigenvalue weighted by molar-refractivity contribution is 0.0684. The number of hydrogen-bond acceptors (Lipinski definition) is 10. The molecule has 4 heterocycles. The van der Waals surface area contributed by atoms with Crippen molar-refractivity contribution in [2.24, 2.45) is 0 Å². The molecule has 2 aliphatic carbocycles. The summed E-state index contributed by atoms with van der Waals surface area (Å²) in [5.41, 5.74) is -0.474. The molecule has 54 heavy (non-hydrogen) atoms. The van der Waals surface area contributed by atoms with Crippen LogP contribution in [0.5, 0.6) is 11.5 Å². The normalized spacial score (nSPS) is 20.1. The first kappa shape index (κ1) is 37.1. The third-order valence-corrected chi connectivity index (χ3v) is 10.5. The second-order valence-corrected chi connectivity index (χ2v) is 14.5. The van der Waals surface area contributed by atoms with Gasteiger partial charge in [-0.25, -0.2) is 18.4 Å². The number of ether oxygens (including phenoxy) is 2. The predicted molar refractivity (Wildman–Crippen MR) is 199 cm³/mol. The lowest BCUT2D eigenvalue weighted by Crippen LogP contribution is -2.49. The molecule has 0 amide bonds. The quantitative estimate of drug-likeness (QED) is 0.205. The molecule has 2 atom stereocenters. The predicted octanol–water partition coefficient (Wildman–Crippen LogP) is 3.96. The van der Waals surface area contributed by atoms with Gasteiger partial charge in [-0.15, -0.1) is 0 Å². The van der Waals surface area contributed by atoms with E-state index in [9.17, 15) is 29.4 Å². The summed E-state index contributed by atoms with van der Waals surface area (Å²) in [6.07, 6.45) is 6.29. The number of carbonyl (C=O) groups is 2. The van der Waals surface area contributed by atoms with Gasteiger partial charge in [0.15, 0.2) is 23.1 Å². The molecule has 0 radical (unpaired) electrons. The molecule has 2 aromatic carbocycles. The monoisotopic (exact) mass is 750 g/mol. The molecule has 14 nitrogen and oxygen atoms in total. The van der Waals surface area contributed by atoms with Crippen molar-refractivity contribution in [2.75, 3.05) is 63.3 Å². The number of rotatable bonds is 8. The van der Waals surface area contributed by atoms with Gasteiger partial charge in [0.2, 0.25) is 10.9 Å². The fraction of sp³-hybridized carbons (Fsp3) is 0.474. The average molecular weight is 751 g/mol. The molecule has 4 aromatic rings. The molecule has 2 aliphatic heterocycles. The number of aromatic nitrogens is 2. The molecule has 4 aliphatic rings. The standard InChI is InChI=1S/2C19H22FN3O4/c2*1-10-8-22(6-5-21-10)16-14(20)7-12-15(18(16)27-2)23(11-3-4-11)9-13(17(12)24)19(25)26/h2*7,9-11,21H,3-6,8H2,1-2H3,(H,25,26)/t2*10-/m10/s1. The number of hydrogen-bond donors (Lipinski definition) is 4. The molecular weight excluding hydrogens is 706 g/mol. The molecule has 0 spiro atoms. The largest absolute Gasteiger partial charge is 0.492 e. The summed E-state index contributed by atoms with van der Waals surface area (Å²) in [6, 6.07) is 2.90. The summed E-state index contributed by atoms with van der Waals surface area (Å²) in [6.45, 7) is 7.94. The number of carboxylic acid groups (broad SMARTS) is 2. The molecule has 2 saturated carbocycles. The summed E-state index contributed by atoms with van der Waals surface area (Å²) >= 11 is 0. The van der Waals surface area contributed by atoms with Crippen molar-refractivity contribution in [1.82, 2.24) is 19.8 Å². The van der Waals surface area contributed by atoms with Crippen LogP contribution < -0.4 is 40.8 Å². The highest BCUT2D eigenvalue weighted by molar-refractivity contribution is 5.98. The Labute approximate surface area is 308 Å². The minimum Gasteiger partial charge on any atom is -0.492 e. The number of benzene rings is 2. The van der Waals surface area contributed by atoms with Crippen LogP contribution in [0.3, 0.4) is 0 Å². The van der Waals surface area contributed by atoms with Crippen LogP contribution in [-0.2, 0) is 0 Å². The smallest absolute Gasteiger partial charge is 0.341 e. The molecule has 2 aromatic heterocycles. The van der Waals surface area contributed by atoms with Gasteiger partial charge in [-0.1, -0.05) is 0 Å². The molecule has 2 saturated heterocycles. The van der Waals surface area contributed by atoms with Gasteiger partial charge in [0, 0.05) is 75.8 Å². The third-order valence-electron chi connectivity index (χ3n) is 10.5. The molecule has 8 rings (SSSR count). The maximum absolute atomic E-state index is 15.1. The summed E-state index contributed by atoms with van der Waals surface area (Å²) in [7, 11) is 2.91. The molecule has 288 valence electrons. The van der Waals surface area contributed by atoms with E-state index >= 15 is 8.78 Å². The van der Waals surface area contributed by atoms with Crippen LogP contribution in [0.25, 0.3) is 21.8 Å². The second kappa shape index (κ2) is 14.5. The number of carboxylic acids is 2. The number of nitrogens with one attached hydrogen (secondary N) is 2. The number of anilines is 2. The van der Waals surface area contributed by atoms with E-state index in [4.69, 9.17) is 9.47 Å². The van der Waals surface area contributed by atoms with Gasteiger partial charge in [0.25, 0.3) is 0 Å². The van der Waals surface area contributed by atoms with Crippen molar-refractivity contribution in [2.45, 2.75) is 63.7 Å². The van der Waals surface area contributed by atoms with E-state index in [-0.39, 0.29) is 46.1 Å². The minimum atomic E-state index is -1.31. The van der Waals surface area contributed by atoms with E-state index in [2.05, 4.69) is 10.6 Å². The maximum atomic E-state index is 15.1. The minimum absolute atomic E-state index is 0.0445. The van der Waals surface area contributed by atoms with Gasteiger partial charge < -0.3 is 49.3 Å². The number of fused-ring (bicyclic) bond motifs is 2. The first-order valence-electron chi connectivity index (χ1n) is 18.2. The Kier molecular flexibility index (Phi) is 10.00. The Morgan fingerprint density at radius 2 is 1.07 bits per heavy atom. The highest BCUT2D eigenvalue weighted by Crippen LogP contribution is 2.45. The topological polar surface area (TPSA) is 168 Å². The fourth-order valence-corrected chi connectivity index (χ4v) is 7.72. The van der Waals surface area contributed by atoms with E-state index in [1.54, 1.807) is 9.13 Å². The number of halogens is 2. The van der Waals surface area contributed by atoms with E-state index in [0.717, 1.165) is 50.9 Å². The van der Waals surface area contributed by atoms with Crippen molar-refractivity contribution < 1.29 is 38.1 Å². The number of piperazine rings is 2. The first-order valence-corrected chi connectivity index (χ1v) is 18.2. The third kappa shape index (κ3) is 6.72. The van der Waals surface area contributed by atoms with Crippen LogP contribution >= 0.6 is 0 Å². The Balaban J connectivity index is 0.000000167. The highest BCUT2D eigenvalue weighted by atomic mass is 19.1. The summed E-state index contributed by atoms with van der Waals surface area (Å²) in [4.78, 5) is 52.2. The molecule has 0 bridgehead atoms. The lowest BCUT2D eigenvalue weighted by atomic mass is 10.1. The van der Waals surface area contributed by atoms with Gasteiger partial charge in [-0.05, 0) is 51.7 Å². The Morgan fingerprint density at radius 3 is 1.37 bits per heavy atom. The average Bonchev–Trinajstić information content (AvgIpc) is 4.06. The van der Waals surface area contributed by atoms with Gasteiger partial charge in [-0.2, -0.15) is 0 Å². The second-order valence-electron chi connectivity index (χ2n) is 14.5. The summed E-state index contributed by atoms with van der Waals surface area (Å²) in [5, 5.41) is 25.5. The number of pyridine rings is 2. The van der Waals surface area contributed by atoms with E-state index in [1.165, 1.54) is 26.6 Å². The van der Waals surface area contributed by atoms with Crippen LogP contribution in [0.4, 0.5) is 20.2 Å². The van der Waals surface area contributed by atoms with Crippen molar-refractivity contribution in [1.29, 1.82) is 0 Å². The van der Waals surface area contributed by atoms with E-state index in [0.29, 0.717) is 60.1 Å². The van der Waals surface area contributed by atoms with Crippen molar-refractivity contribution in [3.63, 3.8) is 0 Å². The van der Waals surface area contributed by atoms with Gasteiger partial charge in [-0.3, -0.25) is 9.59 Å². The fourth-order valence-electron chi connectivity index (χ4n) is 7.72. The molecule has 4 fully saturated rings. The van der Waals surface area contributed by atoms with E-state index in [1.807, 2.05) is 23.6 Å². The maximum Gasteiger partial charge on any atom is 0.341 e. The Morgan fingerprint density at radius 1 is 0.704 bits per heavy atom. The van der Waals surface area contributed by atoms with Crippen LogP contribution in [0.1, 0.15) is 72.3 Å². The first-order chi connectivity index (χ1) is 25.8. The lowest BCUT2D eigenvalue weighted by Gasteiger charge is -2.35. The zero-order chi connectivity index (χ0) is 38.6. The van der Waals surface area contributed by atoms with Crippen molar-refractivity contribution >= 4 is 45.1 Å².